The highest BCUT2D eigenvalue weighted by molar-refractivity contribution is 7.51. The van der Waals surface area contributed by atoms with Gasteiger partial charge < -0.3 is 19.4 Å². The van der Waals surface area contributed by atoms with Crippen LogP contribution in [0.5, 0.6) is 0 Å². The van der Waals surface area contributed by atoms with Crippen LogP contribution in [0.25, 0.3) is 0 Å². The molecular weight excluding hydrogens is 333 g/mol. The Morgan fingerprint density at radius 3 is 2.27 bits per heavy atom. The average molecular weight is 356 g/mol. The van der Waals surface area contributed by atoms with Crippen molar-refractivity contribution in [2.45, 2.75) is 50.8 Å². The molecule has 8 nitrogen and oxygen atoms in total. The fraction of sp³-hybridized carbons (Fsp3) is 1.00. The predicted octanol–water partition coefficient (Wildman–Crippen LogP) is 1.46. The summed E-state index contributed by atoms with van der Waals surface area (Å²) in [5.41, 5.74) is 0. The largest absolute Gasteiger partial charge is 0.472 e. The third-order valence-corrected chi connectivity index (χ3v) is 5.49. The van der Waals surface area contributed by atoms with Crippen molar-refractivity contribution in [3.63, 3.8) is 0 Å². The van der Waals surface area contributed by atoms with E-state index in [1.54, 1.807) is 13.8 Å². The van der Waals surface area contributed by atoms with Crippen LogP contribution in [0.15, 0.2) is 0 Å². The van der Waals surface area contributed by atoms with E-state index in [-0.39, 0.29) is 12.6 Å². The molecule has 0 spiro atoms. The molecule has 5 atom stereocenters. The molecule has 1 rings (SSSR count). The van der Waals surface area contributed by atoms with Crippen LogP contribution in [0.2, 0.25) is 5.82 Å². The van der Waals surface area contributed by atoms with E-state index < -0.39 is 45.5 Å². The zero-order chi connectivity index (χ0) is 17.1. The van der Waals surface area contributed by atoms with E-state index in [2.05, 4.69) is 0 Å². The number of ether oxygens (including phenoxy) is 1. The van der Waals surface area contributed by atoms with Crippen LogP contribution in [-0.2, 0) is 22.9 Å². The van der Waals surface area contributed by atoms with Crippen LogP contribution in [0, 0.1) is 5.92 Å². The molecular formula is C11H23BO8P2. The molecule has 1 fully saturated rings. The molecule has 1 aliphatic rings. The Balaban J connectivity index is 2.83. The van der Waals surface area contributed by atoms with Gasteiger partial charge in [-0.15, -0.1) is 0 Å². The lowest BCUT2D eigenvalue weighted by Crippen LogP contribution is -2.32. The second-order valence-corrected chi connectivity index (χ2v) is 8.86. The van der Waals surface area contributed by atoms with Crippen molar-refractivity contribution in [3.05, 3.63) is 0 Å². The van der Waals surface area contributed by atoms with E-state index in [9.17, 15) is 14.0 Å². The highest BCUT2D eigenvalue weighted by atomic mass is 31.2. The summed E-state index contributed by atoms with van der Waals surface area (Å²) in [6, 6.07) is 0. The van der Waals surface area contributed by atoms with Gasteiger partial charge in [0.05, 0.1) is 32.3 Å². The molecule has 1 unspecified atom stereocenters. The molecule has 11 heteroatoms. The maximum Gasteiger partial charge on any atom is 0.472 e. The van der Waals surface area contributed by atoms with Crippen LogP contribution in [0.1, 0.15) is 26.7 Å². The maximum atomic E-state index is 12.0. The normalized spacial score (nSPS) is 32.3. The SMILES string of the molecule is [B][C@H]1C[C@H](CCP(=O)(O)O)[C@@H](OP(=O)(O)OC(C)C)[C@H]1OC. The Kier molecular flexibility index (Phi) is 7.31. The highest BCUT2D eigenvalue weighted by Crippen LogP contribution is 2.52. The third kappa shape index (κ3) is 6.42. The van der Waals surface area contributed by atoms with Crippen molar-refractivity contribution in [3.8, 4) is 0 Å². The molecule has 128 valence electrons. The number of methoxy groups -OCH3 is 1. The zero-order valence-electron chi connectivity index (χ0n) is 12.9. The summed E-state index contributed by atoms with van der Waals surface area (Å²) >= 11 is 0. The van der Waals surface area contributed by atoms with Crippen LogP contribution in [-0.4, -0.2) is 54.1 Å². The van der Waals surface area contributed by atoms with Gasteiger partial charge in [0, 0.05) is 7.11 Å². The Labute approximate surface area is 131 Å². The summed E-state index contributed by atoms with van der Waals surface area (Å²) in [7, 11) is -1.15. The summed E-state index contributed by atoms with van der Waals surface area (Å²) in [6.07, 6.45) is -1.86. The predicted molar refractivity (Wildman–Crippen MR) is 80.9 cm³/mol. The van der Waals surface area contributed by atoms with Crippen molar-refractivity contribution in [2.24, 2.45) is 5.92 Å². The number of hydrogen-bond acceptors (Lipinski definition) is 5. The van der Waals surface area contributed by atoms with Gasteiger partial charge in [0.25, 0.3) is 0 Å². The van der Waals surface area contributed by atoms with Gasteiger partial charge in [-0.1, -0.05) is 6.42 Å². The van der Waals surface area contributed by atoms with Gasteiger partial charge in [0.15, 0.2) is 0 Å². The second-order valence-electron chi connectivity index (χ2n) is 5.73. The molecule has 0 aromatic rings. The zero-order valence-corrected chi connectivity index (χ0v) is 14.7. The summed E-state index contributed by atoms with van der Waals surface area (Å²) in [4.78, 5) is 27.7. The highest BCUT2D eigenvalue weighted by Gasteiger charge is 2.46. The molecule has 0 aliphatic heterocycles. The Morgan fingerprint density at radius 2 is 1.82 bits per heavy atom. The molecule has 1 saturated carbocycles. The fourth-order valence-electron chi connectivity index (χ4n) is 2.65. The first-order valence-corrected chi connectivity index (χ1v) is 10.3. The van der Waals surface area contributed by atoms with Gasteiger partial charge in [-0.3, -0.25) is 13.6 Å². The molecule has 3 N–H and O–H groups in total. The van der Waals surface area contributed by atoms with E-state index in [4.69, 9.17) is 31.4 Å². The Bertz CT molecular complexity index is 453. The molecule has 0 amide bonds. The first kappa shape index (κ1) is 20.3. The van der Waals surface area contributed by atoms with Gasteiger partial charge in [-0.25, -0.2) is 4.57 Å². The minimum atomic E-state index is -4.31. The first-order valence-electron chi connectivity index (χ1n) is 6.97. The van der Waals surface area contributed by atoms with Crippen molar-refractivity contribution in [1.82, 2.24) is 0 Å². The number of phosphoric ester groups is 1. The molecule has 1 aliphatic carbocycles. The first-order chi connectivity index (χ1) is 9.95. The van der Waals surface area contributed by atoms with Gasteiger partial charge in [0.2, 0.25) is 0 Å². The molecule has 0 aromatic carbocycles. The van der Waals surface area contributed by atoms with E-state index in [0.717, 1.165) is 0 Å². The van der Waals surface area contributed by atoms with Crippen molar-refractivity contribution in [1.29, 1.82) is 0 Å². The Hall–Kier alpha value is 0.285. The average Bonchev–Trinajstić information content (AvgIpc) is 2.59. The molecule has 0 aromatic heterocycles. The van der Waals surface area contributed by atoms with Crippen LogP contribution >= 0.6 is 15.4 Å². The number of phosphoric acid groups is 1. The van der Waals surface area contributed by atoms with Gasteiger partial charge in [0.1, 0.15) is 0 Å². The van der Waals surface area contributed by atoms with Gasteiger partial charge >= 0.3 is 15.4 Å². The maximum absolute atomic E-state index is 12.0. The van der Waals surface area contributed by atoms with Crippen LogP contribution < -0.4 is 0 Å². The topological polar surface area (TPSA) is 123 Å². The minimum absolute atomic E-state index is 0.115. The van der Waals surface area contributed by atoms with Gasteiger partial charge in [-0.05, 0) is 32.0 Å². The number of rotatable bonds is 8. The van der Waals surface area contributed by atoms with Crippen LogP contribution in [0.4, 0.5) is 0 Å². The molecule has 22 heavy (non-hydrogen) atoms. The monoisotopic (exact) mass is 356 g/mol. The molecule has 0 heterocycles. The lowest BCUT2D eigenvalue weighted by molar-refractivity contribution is -0.0169. The fourth-order valence-corrected chi connectivity index (χ4v) is 4.50. The van der Waals surface area contributed by atoms with Crippen molar-refractivity contribution < 1.29 is 37.6 Å². The smallest absolute Gasteiger partial charge is 0.379 e. The second kappa shape index (κ2) is 7.91. The van der Waals surface area contributed by atoms with E-state index >= 15 is 0 Å². The van der Waals surface area contributed by atoms with E-state index in [1.807, 2.05) is 0 Å². The summed E-state index contributed by atoms with van der Waals surface area (Å²) in [6.45, 7) is 3.18. The number of hydrogen-bond donors (Lipinski definition) is 3. The lowest BCUT2D eigenvalue weighted by Gasteiger charge is -2.27. The van der Waals surface area contributed by atoms with Gasteiger partial charge in [-0.2, -0.15) is 0 Å². The van der Waals surface area contributed by atoms with Crippen molar-refractivity contribution in [2.75, 3.05) is 13.3 Å². The van der Waals surface area contributed by atoms with E-state index in [0.29, 0.717) is 6.42 Å². The summed E-state index contributed by atoms with van der Waals surface area (Å²) < 4.78 is 38.2. The summed E-state index contributed by atoms with van der Waals surface area (Å²) in [5, 5.41) is 0. The molecule has 0 bridgehead atoms. The lowest BCUT2D eigenvalue weighted by atomic mass is 9.83. The molecule has 2 radical (unpaired) electrons. The molecule has 0 saturated heterocycles. The third-order valence-electron chi connectivity index (χ3n) is 3.45. The Morgan fingerprint density at radius 1 is 1.23 bits per heavy atom. The van der Waals surface area contributed by atoms with Crippen molar-refractivity contribution >= 4 is 23.3 Å². The standard InChI is InChI=1S/C11H23BO8P2/c1-7(2)19-22(16,17)20-10-8(4-5-21(13,14)15)6-9(12)11(10)18-3/h7-11H,4-6H2,1-3H3,(H,16,17)(H2,13,14,15)/t8-,9-,10+,11-/m0/s1. The summed E-state index contributed by atoms with van der Waals surface area (Å²) in [5.74, 6) is -0.848. The van der Waals surface area contributed by atoms with Crippen LogP contribution in [0.3, 0.4) is 0 Å². The quantitative estimate of drug-likeness (QED) is 0.441. The van der Waals surface area contributed by atoms with E-state index in [1.165, 1.54) is 7.11 Å². The minimum Gasteiger partial charge on any atom is -0.379 e.